The van der Waals surface area contributed by atoms with Gasteiger partial charge in [0.15, 0.2) is 0 Å². The number of aliphatic hydroxyl groups is 1. The van der Waals surface area contributed by atoms with E-state index < -0.39 is 6.10 Å². The van der Waals surface area contributed by atoms with E-state index in [-0.39, 0.29) is 12.5 Å². The largest absolute Gasteiger partial charge is 0.392 e. The summed E-state index contributed by atoms with van der Waals surface area (Å²) in [5.74, 6) is -0.250. The van der Waals surface area contributed by atoms with Crippen LogP contribution in [0.5, 0.6) is 0 Å². The molecule has 4 nitrogen and oxygen atoms in total. The zero-order valence-electron chi connectivity index (χ0n) is 8.40. The van der Waals surface area contributed by atoms with Crippen molar-refractivity contribution < 1.29 is 9.90 Å². The first-order valence-corrected chi connectivity index (χ1v) is 4.60. The van der Waals surface area contributed by atoms with Crippen LogP contribution in [-0.4, -0.2) is 23.7 Å². The molecule has 1 rings (SSSR count). The Labute approximate surface area is 88.2 Å². The van der Waals surface area contributed by atoms with Gasteiger partial charge in [-0.3, -0.25) is 4.79 Å². The Bertz CT molecular complexity index is 377. The summed E-state index contributed by atoms with van der Waals surface area (Å²) in [6.07, 6.45) is -0.563. The second-order valence-electron chi connectivity index (χ2n) is 3.25. The van der Waals surface area contributed by atoms with Gasteiger partial charge < -0.3 is 10.4 Å². The van der Waals surface area contributed by atoms with Crippen LogP contribution in [0.3, 0.4) is 0 Å². The Morgan fingerprint density at radius 3 is 2.60 bits per heavy atom. The van der Waals surface area contributed by atoms with Crippen LogP contribution in [0.25, 0.3) is 0 Å². The molecule has 0 radical (unpaired) electrons. The van der Waals surface area contributed by atoms with Crippen LogP contribution in [0, 0.1) is 11.3 Å². The third-order valence-electron chi connectivity index (χ3n) is 1.83. The molecule has 15 heavy (non-hydrogen) atoms. The van der Waals surface area contributed by atoms with Crippen molar-refractivity contribution in [3.05, 3.63) is 35.4 Å². The molecule has 0 aromatic heterocycles. The Morgan fingerprint density at radius 1 is 1.53 bits per heavy atom. The molecule has 0 aliphatic heterocycles. The molecule has 1 aromatic rings. The number of nitrogens with zero attached hydrogens (tertiary/aromatic N) is 1. The van der Waals surface area contributed by atoms with Crippen LogP contribution in [0.2, 0.25) is 0 Å². The van der Waals surface area contributed by atoms with E-state index in [1.165, 1.54) is 0 Å². The molecule has 1 atom stereocenters. The first-order valence-electron chi connectivity index (χ1n) is 4.60. The summed E-state index contributed by atoms with van der Waals surface area (Å²) < 4.78 is 0. The minimum absolute atomic E-state index is 0.221. The number of carbonyl (C=O) groups is 1. The third kappa shape index (κ3) is 3.41. The molecule has 0 saturated carbocycles. The lowest BCUT2D eigenvalue weighted by atomic mass is 10.1. The molecule has 4 heteroatoms. The fourth-order valence-corrected chi connectivity index (χ4v) is 1.04. The Morgan fingerprint density at radius 2 is 2.13 bits per heavy atom. The smallest absolute Gasteiger partial charge is 0.251 e. The van der Waals surface area contributed by atoms with Gasteiger partial charge in [-0.15, -0.1) is 0 Å². The minimum Gasteiger partial charge on any atom is -0.392 e. The fourth-order valence-electron chi connectivity index (χ4n) is 1.04. The summed E-state index contributed by atoms with van der Waals surface area (Å²) in [4.78, 5) is 11.4. The number of nitrogens with one attached hydrogen (secondary N) is 1. The van der Waals surface area contributed by atoms with Crippen molar-refractivity contribution in [2.45, 2.75) is 13.0 Å². The molecule has 0 bridgehead atoms. The quantitative estimate of drug-likeness (QED) is 0.760. The average molecular weight is 204 g/mol. The molecule has 0 aliphatic rings. The van der Waals surface area contributed by atoms with Crippen molar-refractivity contribution in [3.8, 4) is 6.07 Å². The van der Waals surface area contributed by atoms with Crippen LogP contribution in [-0.2, 0) is 0 Å². The zero-order chi connectivity index (χ0) is 11.3. The molecular weight excluding hydrogens is 192 g/mol. The SMILES string of the molecule is C[C@@H](O)CNC(=O)c1ccc(C#N)cc1. The molecule has 0 aliphatic carbocycles. The first kappa shape index (κ1) is 11.2. The summed E-state index contributed by atoms with van der Waals surface area (Å²) in [5.41, 5.74) is 0.997. The van der Waals surface area contributed by atoms with E-state index in [0.29, 0.717) is 11.1 Å². The minimum atomic E-state index is -0.563. The summed E-state index contributed by atoms with van der Waals surface area (Å²) in [5, 5.41) is 20.1. The monoisotopic (exact) mass is 204 g/mol. The number of hydrogen-bond donors (Lipinski definition) is 2. The number of aliphatic hydroxyl groups excluding tert-OH is 1. The predicted molar refractivity (Wildman–Crippen MR) is 55.2 cm³/mol. The van der Waals surface area contributed by atoms with E-state index in [1.54, 1.807) is 31.2 Å². The molecule has 0 fully saturated rings. The Hall–Kier alpha value is -1.86. The van der Waals surface area contributed by atoms with Crippen molar-refractivity contribution in [1.29, 1.82) is 5.26 Å². The highest BCUT2D eigenvalue weighted by atomic mass is 16.3. The van der Waals surface area contributed by atoms with Gasteiger partial charge in [-0.2, -0.15) is 5.26 Å². The van der Waals surface area contributed by atoms with E-state index in [4.69, 9.17) is 10.4 Å². The number of carbonyl (C=O) groups excluding carboxylic acids is 1. The maximum Gasteiger partial charge on any atom is 0.251 e. The van der Waals surface area contributed by atoms with E-state index in [9.17, 15) is 4.79 Å². The predicted octanol–water partition coefficient (Wildman–Crippen LogP) is 0.669. The first-order chi connectivity index (χ1) is 7.13. The van der Waals surface area contributed by atoms with Gasteiger partial charge in [-0.1, -0.05) is 0 Å². The van der Waals surface area contributed by atoms with Crippen molar-refractivity contribution >= 4 is 5.91 Å². The lowest BCUT2D eigenvalue weighted by Crippen LogP contribution is -2.30. The van der Waals surface area contributed by atoms with Crippen molar-refractivity contribution in [1.82, 2.24) is 5.32 Å². The highest BCUT2D eigenvalue weighted by molar-refractivity contribution is 5.94. The maximum atomic E-state index is 11.4. The summed E-state index contributed by atoms with van der Waals surface area (Å²) in [6.45, 7) is 1.82. The standard InChI is InChI=1S/C11H12N2O2/c1-8(14)7-13-11(15)10-4-2-9(6-12)3-5-10/h2-5,8,14H,7H2,1H3,(H,13,15)/t8-/m1/s1. The average Bonchev–Trinajstić information content (AvgIpc) is 2.26. The highest BCUT2D eigenvalue weighted by Gasteiger charge is 2.05. The molecule has 1 amide bonds. The van der Waals surface area contributed by atoms with Crippen LogP contribution in [0.1, 0.15) is 22.8 Å². The van der Waals surface area contributed by atoms with Gasteiger partial charge in [0.2, 0.25) is 0 Å². The highest BCUT2D eigenvalue weighted by Crippen LogP contribution is 2.02. The third-order valence-corrected chi connectivity index (χ3v) is 1.83. The second kappa shape index (κ2) is 5.13. The number of hydrogen-bond acceptors (Lipinski definition) is 3. The number of amides is 1. The molecule has 0 heterocycles. The summed E-state index contributed by atoms with van der Waals surface area (Å²) in [6, 6.07) is 8.29. The van der Waals surface area contributed by atoms with Gasteiger partial charge in [0.05, 0.1) is 17.7 Å². The fraction of sp³-hybridized carbons (Fsp3) is 0.273. The molecule has 0 spiro atoms. The van der Waals surface area contributed by atoms with Crippen molar-refractivity contribution in [2.75, 3.05) is 6.54 Å². The summed E-state index contributed by atoms with van der Waals surface area (Å²) >= 11 is 0. The van der Waals surface area contributed by atoms with Crippen molar-refractivity contribution in [2.24, 2.45) is 0 Å². The van der Waals surface area contributed by atoms with Gasteiger partial charge in [-0.05, 0) is 31.2 Å². The normalized spacial score (nSPS) is 11.5. The molecule has 1 aromatic carbocycles. The molecule has 0 unspecified atom stereocenters. The van der Waals surface area contributed by atoms with E-state index in [0.717, 1.165) is 0 Å². The van der Waals surface area contributed by atoms with Crippen LogP contribution in [0.15, 0.2) is 24.3 Å². The van der Waals surface area contributed by atoms with Gasteiger partial charge in [0.1, 0.15) is 0 Å². The van der Waals surface area contributed by atoms with Gasteiger partial charge in [-0.25, -0.2) is 0 Å². The van der Waals surface area contributed by atoms with E-state index >= 15 is 0 Å². The lowest BCUT2D eigenvalue weighted by molar-refractivity contribution is 0.0924. The Balaban J connectivity index is 2.63. The lowest BCUT2D eigenvalue weighted by Gasteiger charge is -2.06. The number of rotatable bonds is 3. The van der Waals surface area contributed by atoms with Crippen LogP contribution >= 0.6 is 0 Å². The van der Waals surface area contributed by atoms with Gasteiger partial charge in [0, 0.05) is 12.1 Å². The molecular formula is C11H12N2O2. The topological polar surface area (TPSA) is 73.1 Å². The maximum absolute atomic E-state index is 11.4. The summed E-state index contributed by atoms with van der Waals surface area (Å²) in [7, 11) is 0. The van der Waals surface area contributed by atoms with E-state index in [2.05, 4.69) is 5.32 Å². The Kier molecular flexibility index (Phi) is 3.83. The van der Waals surface area contributed by atoms with Crippen LogP contribution in [0.4, 0.5) is 0 Å². The zero-order valence-corrected chi connectivity index (χ0v) is 8.40. The van der Waals surface area contributed by atoms with Gasteiger partial charge >= 0.3 is 0 Å². The van der Waals surface area contributed by atoms with Crippen LogP contribution < -0.4 is 5.32 Å². The second-order valence-corrected chi connectivity index (χ2v) is 3.25. The molecule has 2 N–H and O–H groups in total. The van der Waals surface area contributed by atoms with E-state index in [1.807, 2.05) is 6.07 Å². The number of nitriles is 1. The molecule has 78 valence electrons. The van der Waals surface area contributed by atoms with Gasteiger partial charge in [0.25, 0.3) is 5.91 Å². The van der Waals surface area contributed by atoms with Crippen molar-refractivity contribution in [3.63, 3.8) is 0 Å². The number of benzene rings is 1. The molecule has 0 saturated heterocycles.